The van der Waals surface area contributed by atoms with E-state index in [0.29, 0.717) is 12.4 Å². The lowest BCUT2D eigenvalue weighted by atomic mass is 10.3. The van der Waals surface area contributed by atoms with Gasteiger partial charge in [0.25, 0.3) is 0 Å². The molecule has 0 fully saturated rings. The van der Waals surface area contributed by atoms with Crippen LogP contribution in [-0.2, 0) is 9.84 Å². The zero-order valence-electron chi connectivity index (χ0n) is 13.1. The maximum Gasteiger partial charge on any atom is 0.175 e. The maximum absolute atomic E-state index is 11.4. The van der Waals surface area contributed by atoms with Gasteiger partial charge in [0, 0.05) is 25.9 Å². The van der Waals surface area contributed by atoms with Crippen molar-refractivity contribution < 1.29 is 13.2 Å². The third kappa shape index (κ3) is 6.93. The molecule has 0 aliphatic heterocycles. The number of nitrogens with one attached hydrogen (secondary N) is 1. The highest BCUT2D eigenvalue weighted by Gasteiger charge is 2.07. The van der Waals surface area contributed by atoms with Crippen LogP contribution in [0.25, 0.3) is 0 Å². The molecule has 0 unspecified atom stereocenters. The second kappa shape index (κ2) is 9.02. The van der Waals surface area contributed by atoms with Crippen molar-refractivity contribution in [3.63, 3.8) is 0 Å². The van der Waals surface area contributed by atoms with Gasteiger partial charge in [-0.25, -0.2) is 8.42 Å². The summed E-state index contributed by atoms with van der Waals surface area (Å²) in [6.07, 6.45) is 1.20. The number of hydrogen-bond donors (Lipinski definition) is 1. The molecular formula is C15H26N2O3S. The molecule has 0 saturated carbocycles. The van der Waals surface area contributed by atoms with Crippen molar-refractivity contribution in [1.29, 1.82) is 0 Å². The number of nitrogens with zero attached hydrogens (tertiary/aromatic N) is 1. The fourth-order valence-electron chi connectivity index (χ4n) is 1.94. The lowest BCUT2D eigenvalue weighted by Crippen LogP contribution is -2.33. The molecule has 0 saturated heterocycles. The first-order valence-corrected chi connectivity index (χ1v) is 9.22. The van der Waals surface area contributed by atoms with Gasteiger partial charge in [0.1, 0.15) is 12.4 Å². The van der Waals surface area contributed by atoms with Crippen molar-refractivity contribution in [2.75, 3.05) is 45.6 Å². The molecule has 0 aliphatic carbocycles. The Morgan fingerprint density at radius 1 is 1.19 bits per heavy atom. The Morgan fingerprint density at radius 2 is 1.90 bits per heavy atom. The zero-order valence-corrected chi connectivity index (χ0v) is 13.9. The topological polar surface area (TPSA) is 58.6 Å². The lowest BCUT2D eigenvalue weighted by Gasteiger charge is -2.18. The fourth-order valence-corrected chi connectivity index (χ4v) is 2.59. The van der Waals surface area contributed by atoms with Crippen LogP contribution in [0.3, 0.4) is 0 Å². The summed E-state index contributed by atoms with van der Waals surface area (Å²) in [6, 6.07) is 6.60. The van der Waals surface area contributed by atoms with Crippen molar-refractivity contribution in [3.05, 3.63) is 24.3 Å². The summed E-state index contributed by atoms with van der Waals surface area (Å²) in [4.78, 5) is 2.64. The van der Waals surface area contributed by atoms with Crippen LogP contribution in [0.2, 0.25) is 0 Å². The summed E-state index contributed by atoms with van der Waals surface area (Å²) < 4.78 is 28.5. The van der Waals surface area contributed by atoms with Gasteiger partial charge in [0.05, 0.1) is 4.90 Å². The molecule has 1 aromatic rings. The Balaban J connectivity index is 2.27. The maximum atomic E-state index is 11.4. The summed E-state index contributed by atoms with van der Waals surface area (Å²) in [5.41, 5.74) is 0. The number of sulfone groups is 1. The number of rotatable bonds is 10. The first-order valence-electron chi connectivity index (χ1n) is 7.33. The third-order valence-corrected chi connectivity index (χ3v) is 4.39. The van der Waals surface area contributed by atoms with Crippen LogP contribution >= 0.6 is 0 Å². The van der Waals surface area contributed by atoms with E-state index >= 15 is 0 Å². The normalized spacial score (nSPS) is 11.8. The van der Waals surface area contributed by atoms with Crippen molar-refractivity contribution >= 4 is 9.84 Å². The number of likely N-dealkylation sites (N-methyl/N-ethyl adjacent to an activating group) is 1. The van der Waals surface area contributed by atoms with Crippen molar-refractivity contribution in [3.8, 4) is 5.75 Å². The van der Waals surface area contributed by atoms with Crippen LogP contribution in [0.4, 0.5) is 0 Å². The molecule has 0 spiro atoms. The molecule has 5 nitrogen and oxygen atoms in total. The van der Waals surface area contributed by atoms with E-state index in [1.165, 1.54) is 6.26 Å². The molecule has 0 aromatic heterocycles. The van der Waals surface area contributed by atoms with Gasteiger partial charge in [-0.15, -0.1) is 0 Å². The molecule has 0 radical (unpaired) electrons. The molecule has 0 amide bonds. The average molecular weight is 314 g/mol. The summed E-state index contributed by atoms with van der Waals surface area (Å²) in [5, 5.41) is 3.31. The van der Waals surface area contributed by atoms with Crippen LogP contribution in [0.15, 0.2) is 29.2 Å². The van der Waals surface area contributed by atoms with Crippen molar-refractivity contribution in [2.45, 2.75) is 18.7 Å². The predicted molar refractivity (Wildman–Crippen MR) is 85.7 cm³/mol. The van der Waals surface area contributed by atoms with E-state index in [4.69, 9.17) is 4.74 Å². The van der Waals surface area contributed by atoms with Gasteiger partial charge in [-0.3, -0.25) is 0 Å². The highest BCUT2D eigenvalue weighted by atomic mass is 32.2. The summed E-state index contributed by atoms with van der Waals surface area (Å²) in [7, 11) is -3.18. The summed E-state index contributed by atoms with van der Waals surface area (Å²) in [6.45, 7) is 9.64. The van der Waals surface area contributed by atoms with E-state index in [9.17, 15) is 8.42 Å². The van der Waals surface area contributed by atoms with Crippen LogP contribution in [0, 0.1) is 0 Å². The van der Waals surface area contributed by atoms with E-state index in [-0.39, 0.29) is 4.90 Å². The van der Waals surface area contributed by atoms with E-state index in [2.05, 4.69) is 24.1 Å². The quantitative estimate of drug-likeness (QED) is 0.662. The zero-order chi connectivity index (χ0) is 15.7. The number of benzene rings is 1. The first kappa shape index (κ1) is 17.9. The minimum Gasteiger partial charge on any atom is -0.492 e. The average Bonchev–Trinajstić information content (AvgIpc) is 2.46. The molecule has 0 heterocycles. The standard InChI is InChI=1S/C15H26N2O3S/c1-4-17(5-2)11-9-16-10-12-20-14-7-6-8-15(13-14)21(3,18)19/h6-8,13,16H,4-5,9-12H2,1-3H3. The Kier molecular flexibility index (Phi) is 7.71. The van der Waals surface area contributed by atoms with E-state index < -0.39 is 9.84 Å². The molecule has 0 bridgehead atoms. The molecule has 120 valence electrons. The third-order valence-electron chi connectivity index (χ3n) is 3.28. The van der Waals surface area contributed by atoms with E-state index in [0.717, 1.165) is 32.7 Å². The second-order valence-electron chi connectivity index (χ2n) is 4.87. The smallest absolute Gasteiger partial charge is 0.175 e. The molecule has 6 heteroatoms. The highest BCUT2D eigenvalue weighted by molar-refractivity contribution is 7.90. The number of hydrogen-bond acceptors (Lipinski definition) is 5. The summed E-state index contributed by atoms with van der Waals surface area (Å²) >= 11 is 0. The van der Waals surface area contributed by atoms with Gasteiger partial charge >= 0.3 is 0 Å². The predicted octanol–water partition coefficient (Wildman–Crippen LogP) is 1.40. The van der Waals surface area contributed by atoms with Gasteiger partial charge in [0.2, 0.25) is 0 Å². The van der Waals surface area contributed by atoms with Crippen LogP contribution in [-0.4, -0.2) is 58.9 Å². The van der Waals surface area contributed by atoms with E-state index in [1.54, 1.807) is 24.3 Å². The van der Waals surface area contributed by atoms with Crippen molar-refractivity contribution in [1.82, 2.24) is 10.2 Å². The minimum atomic E-state index is -3.18. The van der Waals surface area contributed by atoms with Gasteiger partial charge in [0.15, 0.2) is 9.84 Å². The lowest BCUT2D eigenvalue weighted by molar-refractivity contribution is 0.285. The minimum absolute atomic E-state index is 0.287. The Bertz CT molecular complexity index is 513. The first-order chi connectivity index (χ1) is 9.97. The van der Waals surface area contributed by atoms with Crippen LogP contribution in [0.5, 0.6) is 5.75 Å². The monoisotopic (exact) mass is 314 g/mol. The molecule has 0 aliphatic rings. The number of ether oxygens (including phenoxy) is 1. The van der Waals surface area contributed by atoms with Gasteiger partial charge in [-0.1, -0.05) is 19.9 Å². The summed E-state index contributed by atoms with van der Waals surface area (Å²) in [5.74, 6) is 0.587. The van der Waals surface area contributed by atoms with Gasteiger partial charge < -0.3 is 15.0 Å². The van der Waals surface area contributed by atoms with Gasteiger partial charge in [-0.05, 0) is 31.3 Å². The molecule has 1 N–H and O–H groups in total. The van der Waals surface area contributed by atoms with Crippen LogP contribution in [0.1, 0.15) is 13.8 Å². The second-order valence-corrected chi connectivity index (χ2v) is 6.89. The highest BCUT2D eigenvalue weighted by Crippen LogP contribution is 2.16. The van der Waals surface area contributed by atoms with E-state index in [1.807, 2.05) is 0 Å². The molecular weight excluding hydrogens is 288 g/mol. The molecule has 0 atom stereocenters. The SMILES string of the molecule is CCN(CC)CCNCCOc1cccc(S(C)(=O)=O)c1. The largest absolute Gasteiger partial charge is 0.492 e. The van der Waals surface area contributed by atoms with Gasteiger partial charge in [-0.2, -0.15) is 0 Å². The van der Waals surface area contributed by atoms with Crippen LogP contribution < -0.4 is 10.1 Å². The van der Waals surface area contributed by atoms with Crippen molar-refractivity contribution in [2.24, 2.45) is 0 Å². The molecule has 1 aromatic carbocycles. The molecule has 21 heavy (non-hydrogen) atoms. The Labute approximate surface area is 128 Å². The molecule has 1 rings (SSSR count). The Morgan fingerprint density at radius 3 is 2.52 bits per heavy atom. The Hall–Kier alpha value is -1.11. The fraction of sp³-hybridized carbons (Fsp3) is 0.600.